The Balaban J connectivity index is 2.70. The van der Waals surface area contributed by atoms with Crippen LogP contribution in [-0.2, 0) is 0 Å². The van der Waals surface area contributed by atoms with Crippen LogP contribution in [0.4, 0.5) is 0 Å². The van der Waals surface area contributed by atoms with E-state index in [-0.39, 0.29) is 18.0 Å². The second kappa shape index (κ2) is 4.20. The average molecular weight is 178 g/mol. The van der Waals surface area contributed by atoms with Gasteiger partial charge in [0.05, 0.1) is 6.42 Å². The number of nitrogens with zero attached hydrogens (tertiary/aromatic N) is 2. The predicted octanol–water partition coefficient (Wildman–Crippen LogP) is -0.115. The number of hydrazone groups is 1. The molecule has 0 atom stereocenters. The monoisotopic (exact) mass is 178 g/mol. The molecule has 0 unspecified atom stereocenters. The lowest BCUT2D eigenvalue weighted by molar-refractivity contribution is 0.0995. The molecule has 0 fully saturated rings. The molecule has 1 rings (SSSR count). The first kappa shape index (κ1) is 9.18. The largest absolute Gasteiger partial charge is 0.385 e. The van der Waals surface area contributed by atoms with E-state index < -0.39 is 0 Å². The molecule has 1 aromatic rings. The van der Waals surface area contributed by atoms with Crippen molar-refractivity contribution in [2.24, 2.45) is 16.7 Å². The molecular formula is C8H10N4O. The number of ketones is 1. The summed E-state index contributed by atoms with van der Waals surface area (Å²) in [4.78, 5) is 15.2. The summed E-state index contributed by atoms with van der Waals surface area (Å²) in [6, 6.07) is 5.08. The van der Waals surface area contributed by atoms with Gasteiger partial charge in [0.2, 0.25) is 0 Å². The number of carbonyl (C=O) groups excluding carboxylic acids is 1. The molecule has 0 saturated heterocycles. The zero-order valence-electron chi connectivity index (χ0n) is 6.97. The maximum atomic E-state index is 11.3. The Morgan fingerprint density at radius 2 is 2.31 bits per heavy atom. The number of hydrogen-bond donors (Lipinski definition) is 2. The van der Waals surface area contributed by atoms with Crippen molar-refractivity contribution in [1.82, 2.24) is 4.98 Å². The van der Waals surface area contributed by atoms with E-state index >= 15 is 0 Å². The molecule has 0 amide bonds. The Morgan fingerprint density at radius 3 is 2.85 bits per heavy atom. The lowest BCUT2D eigenvalue weighted by Crippen LogP contribution is -2.19. The summed E-state index contributed by atoms with van der Waals surface area (Å²) in [7, 11) is 0. The predicted molar refractivity (Wildman–Crippen MR) is 49.0 cm³/mol. The average Bonchev–Trinajstić information content (AvgIpc) is 2.19. The second-order valence-corrected chi connectivity index (χ2v) is 2.44. The molecule has 4 N–H and O–H groups in total. The topological polar surface area (TPSA) is 94.4 Å². The van der Waals surface area contributed by atoms with E-state index in [0.29, 0.717) is 5.69 Å². The molecule has 5 heteroatoms. The van der Waals surface area contributed by atoms with E-state index in [1.54, 1.807) is 24.4 Å². The summed E-state index contributed by atoms with van der Waals surface area (Å²) in [5.41, 5.74) is 5.66. The highest BCUT2D eigenvalue weighted by molar-refractivity contribution is 6.07. The van der Waals surface area contributed by atoms with Crippen molar-refractivity contribution < 1.29 is 4.79 Å². The van der Waals surface area contributed by atoms with Crippen molar-refractivity contribution in [2.45, 2.75) is 6.42 Å². The molecule has 0 aliphatic heterocycles. The van der Waals surface area contributed by atoms with Crippen molar-refractivity contribution >= 4 is 11.6 Å². The summed E-state index contributed by atoms with van der Waals surface area (Å²) in [6.45, 7) is 0. The van der Waals surface area contributed by atoms with Crippen LogP contribution in [0.2, 0.25) is 0 Å². The minimum absolute atomic E-state index is 0.00745. The fourth-order valence-electron chi connectivity index (χ4n) is 0.828. The Labute approximate surface area is 75.5 Å². The minimum Gasteiger partial charge on any atom is -0.385 e. The van der Waals surface area contributed by atoms with E-state index in [2.05, 4.69) is 10.1 Å². The molecule has 0 bridgehead atoms. The SMILES string of the molecule is N/N=C(\N)CC(=O)c1ccccn1. The Bertz CT molecular complexity index is 320. The van der Waals surface area contributed by atoms with Gasteiger partial charge >= 0.3 is 0 Å². The number of Topliss-reactive ketones (excluding diaryl/α,β-unsaturated/α-hetero) is 1. The van der Waals surface area contributed by atoms with E-state index in [9.17, 15) is 4.79 Å². The fourth-order valence-corrected chi connectivity index (χ4v) is 0.828. The van der Waals surface area contributed by atoms with E-state index in [1.165, 1.54) is 0 Å². The molecular weight excluding hydrogens is 168 g/mol. The van der Waals surface area contributed by atoms with E-state index in [0.717, 1.165) is 0 Å². The fraction of sp³-hybridized carbons (Fsp3) is 0.125. The molecule has 1 aromatic heterocycles. The van der Waals surface area contributed by atoms with Gasteiger partial charge in [0.1, 0.15) is 11.5 Å². The smallest absolute Gasteiger partial charge is 0.188 e. The summed E-state index contributed by atoms with van der Waals surface area (Å²) in [5, 5.41) is 3.20. The van der Waals surface area contributed by atoms with Crippen molar-refractivity contribution in [3.63, 3.8) is 0 Å². The summed E-state index contributed by atoms with van der Waals surface area (Å²) < 4.78 is 0. The molecule has 5 nitrogen and oxygen atoms in total. The van der Waals surface area contributed by atoms with Crippen LogP contribution in [0.25, 0.3) is 0 Å². The maximum absolute atomic E-state index is 11.3. The van der Waals surface area contributed by atoms with E-state index in [4.69, 9.17) is 11.6 Å². The first-order valence-corrected chi connectivity index (χ1v) is 3.70. The van der Waals surface area contributed by atoms with Gasteiger partial charge in [-0.1, -0.05) is 6.07 Å². The number of rotatable bonds is 3. The number of aromatic nitrogens is 1. The molecule has 0 aromatic carbocycles. The molecule has 0 spiro atoms. The van der Waals surface area contributed by atoms with Gasteiger partial charge in [0.25, 0.3) is 0 Å². The third-order valence-electron chi connectivity index (χ3n) is 1.46. The van der Waals surface area contributed by atoms with Crippen molar-refractivity contribution in [3.8, 4) is 0 Å². The van der Waals surface area contributed by atoms with Gasteiger partial charge in [-0.15, -0.1) is 0 Å². The van der Waals surface area contributed by atoms with Crippen LogP contribution < -0.4 is 11.6 Å². The van der Waals surface area contributed by atoms with E-state index in [1.807, 2.05) is 0 Å². The Hall–Kier alpha value is -1.91. The van der Waals surface area contributed by atoms with Gasteiger partial charge in [0, 0.05) is 6.20 Å². The molecule has 0 radical (unpaired) electrons. The summed E-state index contributed by atoms with van der Waals surface area (Å²) >= 11 is 0. The summed E-state index contributed by atoms with van der Waals surface area (Å²) in [6.07, 6.45) is 1.55. The highest BCUT2D eigenvalue weighted by atomic mass is 16.1. The molecule has 0 aliphatic carbocycles. The van der Waals surface area contributed by atoms with Crippen molar-refractivity contribution in [3.05, 3.63) is 30.1 Å². The van der Waals surface area contributed by atoms with Crippen LogP contribution in [0, 0.1) is 0 Å². The van der Waals surface area contributed by atoms with Gasteiger partial charge in [-0.3, -0.25) is 9.78 Å². The molecule has 68 valence electrons. The van der Waals surface area contributed by atoms with Crippen LogP contribution in [-0.4, -0.2) is 16.6 Å². The third kappa shape index (κ3) is 2.55. The normalized spacial score (nSPS) is 11.2. The van der Waals surface area contributed by atoms with Gasteiger partial charge < -0.3 is 11.6 Å². The van der Waals surface area contributed by atoms with Crippen LogP contribution in [0.15, 0.2) is 29.5 Å². The van der Waals surface area contributed by atoms with Crippen LogP contribution in [0.3, 0.4) is 0 Å². The summed E-state index contributed by atoms with van der Waals surface area (Å²) in [5.74, 6) is 4.81. The number of hydrogen-bond acceptors (Lipinski definition) is 4. The van der Waals surface area contributed by atoms with Crippen molar-refractivity contribution in [2.75, 3.05) is 0 Å². The van der Waals surface area contributed by atoms with Crippen LogP contribution >= 0.6 is 0 Å². The number of amidine groups is 1. The quantitative estimate of drug-likeness (QED) is 0.222. The Morgan fingerprint density at radius 1 is 1.54 bits per heavy atom. The zero-order chi connectivity index (χ0) is 9.68. The van der Waals surface area contributed by atoms with Crippen LogP contribution in [0.1, 0.15) is 16.9 Å². The number of carbonyl (C=O) groups is 1. The number of pyridine rings is 1. The standard InChI is InChI=1S/C8H10N4O/c9-8(12-10)5-7(13)6-3-1-2-4-11-6/h1-4H,5,10H2,(H2,9,12). The van der Waals surface area contributed by atoms with Gasteiger partial charge in [-0.25, -0.2) is 0 Å². The third-order valence-corrected chi connectivity index (χ3v) is 1.46. The zero-order valence-corrected chi connectivity index (χ0v) is 6.97. The number of nitrogens with two attached hydrogens (primary N) is 2. The van der Waals surface area contributed by atoms with Crippen molar-refractivity contribution in [1.29, 1.82) is 0 Å². The highest BCUT2D eigenvalue weighted by Gasteiger charge is 2.07. The molecule has 1 heterocycles. The highest BCUT2D eigenvalue weighted by Crippen LogP contribution is 1.98. The van der Waals surface area contributed by atoms with Gasteiger partial charge in [-0.05, 0) is 12.1 Å². The Kier molecular flexibility index (Phi) is 2.97. The molecule has 13 heavy (non-hydrogen) atoms. The van der Waals surface area contributed by atoms with Crippen LogP contribution in [0.5, 0.6) is 0 Å². The van der Waals surface area contributed by atoms with Gasteiger partial charge in [0.15, 0.2) is 5.78 Å². The van der Waals surface area contributed by atoms with Gasteiger partial charge in [-0.2, -0.15) is 5.10 Å². The molecule has 0 aliphatic rings. The minimum atomic E-state index is -0.188. The molecule has 0 saturated carbocycles. The first-order chi connectivity index (χ1) is 6.24. The lowest BCUT2D eigenvalue weighted by atomic mass is 10.2. The second-order valence-electron chi connectivity index (χ2n) is 2.44. The first-order valence-electron chi connectivity index (χ1n) is 3.70. The maximum Gasteiger partial charge on any atom is 0.188 e. The lowest BCUT2D eigenvalue weighted by Gasteiger charge is -1.97.